The van der Waals surface area contributed by atoms with Crippen LogP contribution in [0.25, 0.3) is 10.9 Å². The predicted molar refractivity (Wildman–Crippen MR) is 69.1 cm³/mol. The summed E-state index contributed by atoms with van der Waals surface area (Å²) >= 11 is 3.46. The average molecular weight is 294 g/mol. The van der Waals surface area contributed by atoms with Crippen molar-refractivity contribution in [3.05, 3.63) is 34.4 Å². The minimum atomic E-state index is -0.678. The number of fused-ring (bicyclic) bond motifs is 3. The second-order valence-electron chi connectivity index (χ2n) is 4.52. The van der Waals surface area contributed by atoms with Crippen molar-refractivity contribution in [2.24, 2.45) is 5.92 Å². The van der Waals surface area contributed by atoms with Gasteiger partial charge >= 0.3 is 5.97 Å². The van der Waals surface area contributed by atoms with Crippen LogP contribution in [-0.2, 0) is 17.8 Å². The van der Waals surface area contributed by atoms with Crippen molar-refractivity contribution in [3.63, 3.8) is 0 Å². The van der Waals surface area contributed by atoms with Gasteiger partial charge in [0, 0.05) is 34.0 Å². The number of hydrogen-bond acceptors (Lipinski definition) is 1. The Hall–Kier alpha value is -1.29. The highest BCUT2D eigenvalue weighted by Gasteiger charge is 2.25. The molecule has 1 atom stereocenters. The zero-order valence-electron chi connectivity index (χ0n) is 9.19. The topological polar surface area (TPSA) is 42.2 Å². The highest BCUT2D eigenvalue weighted by molar-refractivity contribution is 9.10. The van der Waals surface area contributed by atoms with E-state index in [1.54, 1.807) is 0 Å². The number of carboxylic acids is 1. The summed E-state index contributed by atoms with van der Waals surface area (Å²) in [4.78, 5) is 11.0. The van der Waals surface area contributed by atoms with E-state index in [9.17, 15) is 4.79 Å². The molecule has 0 spiro atoms. The highest BCUT2D eigenvalue weighted by atomic mass is 79.9. The fraction of sp³-hybridized carbons (Fsp3) is 0.308. The number of aromatic nitrogens is 1. The van der Waals surface area contributed by atoms with Crippen LogP contribution in [0.3, 0.4) is 0 Å². The number of aliphatic carboxylic acids is 1. The van der Waals surface area contributed by atoms with E-state index in [2.05, 4.69) is 38.7 Å². The molecule has 1 aromatic heterocycles. The minimum Gasteiger partial charge on any atom is -0.481 e. The molecular weight excluding hydrogens is 282 g/mol. The van der Waals surface area contributed by atoms with Crippen molar-refractivity contribution in [3.8, 4) is 0 Å². The zero-order valence-corrected chi connectivity index (χ0v) is 10.8. The first kappa shape index (κ1) is 10.8. The largest absolute Gasteiger partial charge is 0.481 e. The lowest BCUT2D eigenvalue weighted by molar-refractivity contribution is -0.142. The molecule has 1 aliphatic heterocycles. The summed E-state index contributed by atoms with van der Waals surface area (Å²) in [5.41, 5.74) is 2.34. The molecular formula is C13H12BrNO2. The van der Waals surface area contributed by atoms with E-state index in [0.717, 1.165) is 23.1 Å². The maximum absolute atomic E-state index is 11.0. The van der Waals surface area contributed by atoms with Gasteiger partial charge in [0.25, 0.3) is 0 Å². The van der Waals surface area contributed by atoms with Gasteiger partial charge in [-0.15, -0.1) is 0 Å². The molecule has 1 aliphatic rings. The summed E-state index contributed by atoms with van der Waals surface area (Å²) in [6.07, 6.45) is 1.36. The molecule has 0 fully saturated rings. The van der Waals surface area contributed by atoms with Gasteiger partial charge in [0.2, 0.25) is 0 Å². The number of aryl methyl sites for hydroxylation is 1. The first-order valence-electron chi connectivity index (χ1n) is 5.65. The lowest BCUT2D eigenvalue weighted by atomic mass is 9.96. The van der Waals surface area contributed by atoms with Gasteiger partial charge in [-0.25, -0.2) is 0 Å². The van der Waals surface area contributed by atoms with Crippen LogP contribution < -0.4 is 0 Å². The molecule has 3 nitrogen and oxygen atoms in total. The Labute approximate surface area is 107 Å². The summed E-state index contributed by atoms with van der Waals surface area (Å²) in [6, 6.07) is 8.30. The second kappa shape index (κ2) is 3.88. The maximum atomic E-state index is 11.0. The zero-order chi connectivity index (χ0) is 12.0. The van der Waals surface area contributed by atoms with Crippen LogP contribution >= 0.6 is 15.9 Å². The minimum absolute atomic E-state index is 0.227. The van der Waals surface area contributed by atoms with Gasteiger partial charge in [0.1, 0.15) is 0 Å². The molecule has 0 saturated carbocycles. The van der Waals surface area contributed by atoms with E-state index >= 15 is 0 Å². The number of carboxylic acid groups (broad SMARTS) is 1. The number of hydrogen-bond donors (Lipinski definition) is 1. The lowest BCUT2D eigenvalue weighted by Crippen LogP contribution is -2.24. The third kappa shape index (κ3) is 1.76. The van der Waals surface area contributed by atoms with Crippen molar-refractivity contribution < 1.29 is 9.90 Å². The Morgan fingerprint density at radius 1 is 1.41 bits per heavy atom. The summed E-state index contributed by atoms with van der Waals surface area (Å²) in [5, 5.41) is 10.2. The van der Waals surface area contributed by atoms with Crippen LogP contribution in [0.2, 0.25) is 0 Å². The van der Waals surface area contributed by atoms with Crippen LogP contribution in [0.5, 0.6) is 0 Å². The van der Waals surface area contributed by atoms with Crippen molar-refractivity contribution in [2.75, 3.05) is 0 Å². The van der Waals surface area contributed by atoms with E-state index in [1.807, 2.05) is 6.07 Å². The van der Waals surface area contributed by atoms with E-state index in [0.29, 0.717) is 6.42 Å². The molecule has 1 unspecified atom stereocenters. The van der Waals surface area contributed by atoms with Crippen molar-refractivity contribution in [1.82, 2.24) is 4.57 Å². The van der Waals surface area contributed by atoms with Crippen molar-refractivity contribution in [2.45, 2.75) is 19.4 Å². The van der Waals surface area contributed by atoms with Gasteiger partial charge < -0.3 is 9.67 Å². The van der Waals surface area contributed by atoms with Crippen molar-refractivity contribution >= 4 is 32.8 Å². The van der Waals surface area contributed by atoms with Crippen molar-refractivity contribution in [1.29, 1.82) is 0 Å². The molecule has 88 valence electrons. The van der Waals surface area contributed by atoms with Gasteiger partial charge in [0.15, 0.2) is 0 Å². The number of nitrogens with zero attached hydrogens (tertiary/aromatic N) is 1. The maximum Gasteiger partial charge on any atom is 0.306 e. The van der Waals surface area contributed by atoms with Crippen LogP contribution in [0.1, 0.15) is 12.1 Å². The van der Waals surface area contributed by atoms with Crippen LogP contribution in [0.4, 0.5) is 0 Å². The normalized spacial score (nSPS) is 19.2. The molecule has 2 heterocycles. The molecule has 1 aromatic carbocycles. The van der Waals surface area contributed by atoms with E-state index < -0.39 is 5.97 Å². The number of carbonyl (C=O) groups is 1. The summed E-state index contributed by atoms with van der Waals surface area (Å²) in [6.45, 7) is 0.803. The van der Waals surface area contributed by atoms with Crippen LogP contribution in [0.15, 0.2) is 28.7 Å². The van der Waals surface area contributed by atoms with E-state index in [-0.39, 0.29) is 5.92 Å². The summed E-state index contributed by atoms with van der Waals surface area (Å²) < 4.78 is 3.30. The smallest absolute Gasteiger partial charge is 0.306 e. The molecule has 1 N–H and O–H groups in total. The second-order valence-corrected chi connectivity index (χ2v) is 5.43. The van der Waals surface area contributed by atoms with Gasteiger partial charge in [-0.2, -0.15) is 0 Å². The molecule has 4 heteroatoms. The summed E-state index contributed by atoms with van der Waals surface area (Å²) in [5.74, 6) is -0.905. The fourth-order valence-corrected chi connectivity index (χ4v) is 2.96. The fourth-order valence-electron chi connectivity index (χ4n) is 2.58. The lowest BCUT2D eigenvalue weighted by Gasteiger charge is -2.21. The quantitative estimate of drug-likeness (QED) is 0.878. The van der Waals surface area contributed by atoms with Gasteiger partial charge in [-0.1, -0.05) is 15.9 Å². The summed E-state index contributed by atoms with van der Waals surface area (Å²) in [7, 11) is 0. The Morgan fingerprint density at radius 3 is 3.00 bits per heavy atom. The van der Waals surface area contributed by atoms with Gasteiger partial charge in [-0.3, -0.25) is 4.79 Å². The van der Waals surface area contributed by atoms with E-state index in [4.69, 9.17) is 5.11 Å². The number of rotatable bonds is 1. The van der Waals surface area contributed by atoms with E-state index in [1.165, 1.54) is 10.9 Å². The van der Waals surface area contributed by atoms with Gasteiger partial charge in [-0.05, 0) is 30.7 Å². The Kier molecular flexibility index (Phi) is 2.47. The van der Waals surface area contributed by atoms with Crippen LogP contribution in [0, 0.1) is 5.92 Å². The highest BCUT2D eigenvalue weighted by Crippen LogP contribution is 2.29. The molecule has 0 bridgehead atoms. The third-order valence-electron chi connectivity index (χ3n) is 3.46. The monoisotopic (exact) mass is 293 g/mol. The molecule has 0 saturated heterocycles. The van der Waals surface area contributed by atoms with Crippen LogP contribution in [-0.4, -0.2) is 15.6 Å². The molecule has 0 amide bonds. The molecule has 3 rings (SSSR count). The Balaban J connectivity index is 2.09. The predicted octanol–water partition coefficient (Wildman–Crippen LogP) is 3.05. The molecule has 0 aliphatic carbocycles. The van der Waals surface area contributed by atoms with Gasteiger partial charge in [0.05, 0.1) is 5.92 Å². The Morgan fingerprint density at radius 2 is 2.24 bits per heavy atom. The molecule has 17 heavy (non-hydrogen) atoms. The Bertz CT molecular complexity index is 603. The molecule has 0 radical (unpaired) electrons. The SMILES string of the molecule is O=C(O)C1CCn2c(cc3cc(Br)ccc32)C1. The first-order chi connectivity index (χ1) is 8.15. The first-order valence-corrected chi connectivity index (χ1v) is 6.45. The number of halogens is 1. The third-order valence-corrected chi connectivity index (χ3v) is 3.95. The standard InChI is InChI=1S/C13H12BrNO2/c14-10-1-2-12-9(5-10)7-11-6-8(13(16)17)3-4-15(11)12/h1-2,5,7-8H,3-4,6H2,(H,16,17). The average Bonchev–Trinajstić information content (AvgIpc) is 2.64. The molecule has 2 aromatic rings. The number of benzene rings is 1.